The van der Waals surface area contributed by atoms with Gasteiger partial charge in [-0.15, -0.1) is 6.58 Å². The van der Waals surface area contributed by atoms with E-state index in [0.717, 1.165) is 0 Å². The normalized spacial score (nSPS) is 30.3. The highest BCUT2D eigenvalue weighted by Crippen LogP contribution is 2.65. The predicted molar refractivity (Wildman–Crippen MR) is 79.2 cm³/mol. The van der Waals surface area contributed by atoms with Gasteiger partial charge in [-0.1, -0.05) is 18.2 Å². The minimum Gasteiger partial charge on any atom is -0.425 e. The number of benzene rings is 1. The lowest BCUT2D eigenvalue weighted by atomic mass is 9.75. The van der Waals surface area contributed by atoms with Gasteiger partial charge < -0.3 is 4.74 Å². The van der Waals surface area contributed by atoms with Crippen molar-refractivity contribution >= 4 is 15.9 Å². The molecule has 1 aliphatic carbocycles. The van der Waals surface area contributed by atoms with E-state index in [0.29, 0.717) is 15.8 Å². The molecule has 2 aliphatic rings. The van der Waals surface area contributed by atoms with E-state index in [9.17, 15) is 20.6 Å². The molecule has 1 saturated carbocycles. The number of hydrogen-bond acceptors (Lipinski definition) is 5. The highest BCUT2D eigenvalue weighted by molar-refractivity contribution is 9.10. The molecule has 0 N–H and O–H groups in total. The van der Waals surface area contributed by atoms with Crippen LogP contribution in [0.25, 0.3) is 0 Å². The first-order chi connectivity index (χ1) is 10.5. The molecule has 0 saturated heterocycles. The van der Waals surface area contributed by atoms with E-state index in [1.54, 1.807) is 18.2 Å². The Kier molecular flexibility index (Phi) is 3.01. The van der Waals surface area contributed by atoms with Crippen molar-refractivity contribution in [2.24, 2.45) is 11.3 Å². The molecule has 1 heterocycles. The Labute approximate surface area is 134 Å². The minimum atomic E-state index is -1.86. The van der Waals surface area contributed by atoms with Crippen LogP contribution in [0.3, 0.4) is 0 Å². The third kappa shape index (κ3) is 1.47. The van der Waals surface area contributed by atoms with Gasteiger partial charge in [0.05, 0.1) is 27.5 Å². The molecule has 0 radical (unpaired) electrons. The first-order valence-corrected chi connectivity index (χ1v) is 7.33. The second-order valence-corrected chi connectivity index (χ2v) is 6.30. The van der Waals surface area contributed by atoms with Crippen LogP contribution >= 0.6 is 15.9 Å². The van der Waals surface area contributed by atoms with Gasteiger partial charge in [-0.05, 0) is 28.4 Å². The van der Waals surface area contributed by atoms with E-state index in [2.05, 4.69) is 22.5 Å². The molecule has 1 fully saturated rings. The van der Waals surface area contributed by atoms with Crippen molar-refractivity contribution in [3.8, 4) is 17.9 Å². The average Bonchev–Trinajstić information content (AvgIpc) is 3.00. The number of halogens is 1. The van der Waals surface area contributed by atoms with Gasteiger partial charge in [-0.2, -0.15) is 10.5 Å². The first kappa shape index (κ1) is 14.6. The van der Waals surface area contributed by atoms with E-state index >= 15 is 0 Å². The van der Waals surface area contributed by atoms with E-state index in [1.165, 1.54) is 6.08 Å². The van der Waals surface area contributed by atoms with Crippen molar-refractivity contribution in [3.63, 3.8) is 0 Å². The number of ether oxygens (including phenoxy) is 1. The number of rotatable bonds is 2. The fourth-order valence-electron chi connectivity index (χ4n) is 3.60. The zero-order valence-corrected chi connectivity index (χ0v) is 12.9. The van der Waals surface area contributed by atoms with Crippen LogP contribution in [0.4, 0.5) is 0 Å². The summed E-state index contributed by atoms with van der Waals surface area (Å²) in [4.78, 5) is 11.4. The Balaban J connectivity index is 2.36. The van der Waals surface area contributed by atoms with Gasteiger partial charge in [0.15, 0.2) is 5.41 Å². The summed E-state index contributed by atoms with van der Waals surface area (Å²) < 4.78 is 6.32. The lowest BCUT2D eigenvalue weighted by molar-refractivity contribution is -0.622. The number of fused-ring (bicyclic) bond motifs is 3. The molecule has 0 bridgehead atoms. The highest BCUT2D eigenvalue weighted by atomic mass is 79.9. The van der Waals surface area contributed by atoms with Crippen LogP contribution in [0.15, 0.2) is 35.3 Å². The summed E-state index contributed by atoms with van der Waals surface area (Å²) in [5.74, 6) is -1.36. The Hall–Kier alpha value is -2.38. The Morgan fingerprint density at radius 1 is 1.50 bits per heavy atom. The Morgan fingerprint density at radius 3 is 2.73 bits per heavy atom. The Morgan fingerprint density at radius 2 is 2.18 bits per heavy atom. The molecule has 6 nitrogen and oxygen atoms in total. The molecule has 3 rings (SSSR count). The summed E-state index contributed by atoms with van der Waals surface area (Å²) in [6.07, 6.45) is 1.44. The summed E-state index contributed by atoms with van der Waals surface area (Å²) in [6.45, 7) is 3.63. The molecule has 1 unspecified atom stereocenters. The Bertz CT molecular complexity index is 765. The van der Waals surface area contributed by atoms with Crippen LogP contribution in [-0.2, 0) is 0 Å². The van der Waals surface area contributed by atoms with Crippen LogP contribution in [0.2, 0.25) is 0 Å². The van der Waals surface area contributed by atoms with Crippen molar-refractivity contribution in [2.75, 3.05) is 0 Å². The average molecular weight is 360 g/mol. The van der Waals surface area contributed by atoms with Crippen LogP contribution in [-0.4, -0.2) is 10.6 Å². The predicted octanol–water partition coefficient (Wildman–Crippen LogP) is 3.14. The molecule has 1 aromatic rings. The lowest BCUT2D eigenvalue weighted by Gasteiger charge is -2.25. The molecule has 0 spiro atoms. The van der Waals surface area contributed by atoms with E-state index < -0.39 is 27.9 Å². The van der Waals surface area contributed by atoms with Gasteiger partial charge in [-0.25, -0.2) is 0 Å². The monoisotopic (exact) mass is 359 g/mol. The van der Waals surface area contributed by atoms with Crippen LogP contribution < -0.4 is 4.74 Å². The van der Waals surface area contributed by atoms with Crippen LogP contribution in [0.1, 0.15) is 17.9 Å². The number of para-hydroxylation sites is 1. The first-order valence-electron chi connectivity index (χ1n) is 6.54. The zero-order chi connectivity index (χ0) is 16.1. The largest absolute Gasteiger partial charge is 0.425 e. The highest BCUT2D eigenvalue weighted by Gasteiger charge is 2.76. The van der Waals surface area contributed by atoms with Gasteiger partial charge in [-0.3, -0.25) is 10.1 Å². The molecule has 110 valence electrons. The molecule has 1 aromatic carbocycles. The standard InChI is InChI=1S/C15H10BrN3O3/c1-2-9-6-14(7-17,8-18)13-10-4-3-5-11(16)12(10)22-15(9,13)19(20)21/h2-5,9,13H,1,6H2/t9?,13-,15+/m1/s1. The quantitative estimate of drug-likeness (QED) is 0.458. The fourth-order valence-corrected chi connectivity index (χ4v) is 4.06. The summed E-state index contributed by atoms with van der Waals surface area (Å²) in [5, 5.41) is 31.0. The van der Waals surface area contributed by atoms with Gasteiger partial charge in [0.1, 0.15) is 11.7 Å². The summed E-state index contributed by atoms with van der Waals surface area (Å²) in [6, 6.07) is 9.08. The molecule has 7 heteroatoms. The zero-order valence-electron chi connectivity index (χ0n) is 11.3. The van der Waals surface area contributed by atoms with Crippen LogP contribution in [0.5, 0.6) is 5.75 Å². The SMILES string of the molecule is C=CC1CC(C#N)(C#N)[C@H]2c3cccc(Br)c3O[C@@]12[N+](=O)[O-]. The summed E-state index contributed by atoms with van der Waals surface area (Å²) in [7, 11) is 0. The molecule has 3 atom stereocenters. The van der Waals surface area contributed by atoms with Gasteiger partial charge >= 0.3 is 5.72 Å². The topological polar surface area (TPSA) is 100.0 Å². The smallest absolute Gasteiger partial charge is 0.378 e. The fraction of sp³-hybridized carbons (Fsp3) is 0.333. The van der Waals surface area contributed by atoms with Crippen molar-refractivity contribution in [3.05, 3.63) is 51.0 Å². The molecule has 1 aliphatic heterocycles. The molecule has 0 amide bonds. The van der Waals surface area contributed by atoms with Crippen molar-refractivity contribution in [2.45, 2.75) is 18.1 Å². The van der Waals surface area contributed by atoms with E-state index in [4.69, 9.17) is 4.74 Å². The maximum Gasteiger partial charge on any atom is 0.378 e. The van der Waals surface area contributed by atoms with Crippen molar-refractivity contribution in [1.29, 1.82) is 10.5 Å². The second-order valence-electron chi connectivity index (χ2n) is 5.44. The van der Waals surface area contributed by atoms with Gasteiger partial charge in [0.2, 0.25) is 0 Å². The number of nitriles is 2. The number of nitro groups is 1. The summed E-state index contributed by atoms with van der Waals surface area (Å²) in [5.41, 5.74) is -2.87. The van der Waals surface area contributed by atoms with Crippen LogP contribution in [0, 0.1) is 44.1 Å². The third-order valence-electron chi connectivity index (χ3n) is 4.52. The summed E-state index contributed by atoms with van der Waals surface area (Å²) >= 11 is 3.31. The van der Waals surface area contributed by atoms with Crippen molar-refractivity contribution < 1.29 is 9.66 Å². The van der Waals surface area contributed by atoms with E-state index in [-0.39, 0.29) is 6.42 Å². The number of hydrogen-bond donors (Lipinski definition) is 0. The second kappa shape index (κ2) is 4.56. The number of nitrogens with zero attached hydrogens (tertiary/aromatic N) is 3. The molecular weight excluding hydrogens is 350 g/mol. The lowest BCUT2D eigenvalue weighted by Crippen LogP contribution is -2.49. The van der Waals surface area contributed by atoms with E-state index in [1.807, 2.05) is 12.1 Å². The van der Waals surface area contributed by atoms with Gasteiger partial charge in [0, 0.05) is 5.56 Å². The molecule has 0 aromatic heterocycles. The molecular formula is C15H10BrN3O3. The van der Waals surface area contributed by atoms with Crippen molar-refractivity contribution in [1.82, 2.24) is 0 Å². The maximum atomic E-state index is 11.9. The maximum absolute atomic E-state index is 11.9. The molecule has 22 heavy (non-hydrogen) atoms. The third-order valence-corrected chi connectivity index (χ3v) is 5.15. The minimum absolute atomic E-state index is 0.0289. The van der Waals surface area contributed by atoms with Gasteiger partial charge in [0.25, 0.3) is 0 Å².